The molecule has 0 aliphatic carbocycles. The summed E-state index contributed by atoms with van der Waals surface area (Å²) in [7, 11) is 0. The first-order valence-corrected chi connectivity index (χ1v) is 4.31. The Labute approximate surface area is 86.3 Å². The molecule has 0 spiro atoms. The second-order valence-corrected chi connectivity index (χ2v) is 3.94. The van der Waals surface area contributed by atoms with Crippen molar-refractivity contribution in [1.29, 1.82) is 0 Å². The molecule has 0 amide bonds. The summed E-state index contributed by atoms with van der Waals surface area (Å²) >= 11 is 0. The summed E-state index contributed by atoms with van der Waals surface area (Å²) in [6.07, 6.45) is 1.14. The van der Waals surface area contributed by atoms with Crippen molar-refractivity contribution < 1.29 is 19.4 Å². The van der Waals surface area contributed by atoms with Gasteiger partial charge in [0, 0.05) is 6.20 Å². The molecule has 0 aromatic carbocycles. The van der Waals surface area contributed by atoms with E-state index in [4.69, 9.17) is 9.84 Å². The molecule has 15 heavy (non-hydrogen) atoms. The molecule has 0 unspecified atom stereocenters. The highest BCUT2D eigenvalue weighted by atomic mass is 16.6. The second kappa shape index (κ2) is 3.72. The predicted molar refractivity (Wildman–Crippen MR) is 50.7 cm³/mol. The number of carbonyl (C=O) groups is 2. The molecule has 1 heterocycles. The first-order chi connectivity index (χ1) is 6.79. The van der Waals surface area contributed by atoms with Crippen LogP contribution in [0.25, 0.3) is 0 Å². The van der Waals surface area contributed by atoms with Gasteiger partial charge in [-0.3, -0.25) is 0 Å². The summed E-state index contributed by atoms with van der Waals surface area (Å²) in [5.74, 6) is -1.97. The van der Waals surface area contributed by atoms with Gasteiger partial charge in [-0.25, -0.2) is 14.6 Å². The van der Waals surface area contributed by atoms with Gasteiger partial charge in [-0.2, -0.15) is 0 Å². The zero-order valence-electron chi connectivity index (χ0n) is 8.70. The topological polar surface area (TPSA) is 92.3 Å². The number of hydrogen-bond donors (Lipinski definition) is 2. The van der Waals surface area contributed by atoms with E-state index in [0.717, 1.165) is 6.20 Å². The molecule has 0 aliphatic heterocycles. The fourth-order valence-corrected chi connectivity index (χ4v) is 0.862. The highest BCUT2D eigenvalue weighted by Crippen LogP contribution is 2.10. The van der Waals surface area contributed by atoms with E-state index in [2.05, 4.69) is 9.97 Å². The first-order valence-electron chi connectivity index (χ1n) is 4.31. The number of esters is 1. The number of nitrogens with one attached hydrogen (secondary N) is 1. The van der Waals surface area contributed by atoms with Crippen LogP contribution < -0.4 is 0 Å². The van der Waals surface area contributed by atoms with Crippen LogP contribution in [0.5, 0.6) is 0 Å². The van der Waals surface area contributed by atoms with Gasteiger partial charge in [0.25, 0.3) is 0 Å². The minimum Gasteiger partial charge on any atom is -0.476 e. The molecule has 0 radical (unpaired) electrons. The summed E-state index contributed by atoms with van der Waals surface area (Å²) in [6.45, 7) is 5.14. The number of hydrogen-bond acceptors (Lipinski definition) is 4. The highest BCUT2D eigenvalue weighted by molar-refractivity contribution is 5.90. The SMILES string of the molecule is CC(C)(C)OC(=O)c1nc(C(=O)O)c[nH]1. The standard InChI is InChI=1S/C9H12N2O4/c1-9(2,3)15-8(14)6-10-4-5(11-6)7(12)13/h4H,1-3H3,(H,10,11)(H,12,13). The zero-order valence-corrected chi connectivity index (χ0v) is 8.70. The van der Waals surface area contributed by atoms with Crippen LogP contribution in [0.2, 0.25) is 0 Å². The molecule has 0 atom stereocenters. The monoisotopic (exact) mass is 212 g/mol. The number of aromatic carboxylic acids is 1. The molecule has 0 aliphatic rings. The number of carboxylic acid groups (broad SMARTS) is 1. The number of ether oxygens (including phenoxy) is 1. The van der Waals surface area contributed by atoms with Crippen LogP contribution >= 0.6 is 0 Å². The zero-order chi connectivity index (χ0) is 11.6. The summed E-state index contributed by atoms with van der Waals surface area (Å²) in [6, 6.07) is 0. The van der Waals surface area contributed by atoms with Crippen LogP contribution in [0.4, 0.5) is 0 Å². The number of imidazole rings is 1. The smallest absolute Gasteiger partial charge is 0.374 e. The number of H-pyrrole nitrogens is 1. The van der Waals surface area contributed by atoms with Crippen LogP contribution in [0.1, 0.15) is 41.9 Å². The lowest BCUT2D eigenvalue weighted by Gasteiger charge is -2.18. The van der Waals surface area contributed by atoms with Gasteiger partial charge in [0.1, 0.15) is 5.60 Å². The van der Waals surface area contributed by atoms with E-state index in [0.29, 0.717) is 0 Å². The van der Waals surface area contributed by atoms with Crippen LogP contribution in [0.3, 0.4) is 0 Å². The third-order valence-electron chi connectivity index (χ3n) is 1.39. The van der Waals surface area contributed by atoms with Gasteiger partial charge in [-0.15, -0.1) is 0 Å². The predicted octanol–water partition coefficient (Wildman–Crippen LogP) is 1.06. The number of carboxylic acids is 1. The van der Waals surface area contributed by atoms with E-state index in [1.54, 1.807) is 20.8 Å². The normalized spacial score (nSPS) is 11.1. The Balaban J connectivity index is 2.79. The minimum absolute atomic E-state index is 0.109. The summed E-state index contributed by atoms with van der Waals surface area (Å²) in [4.78, 5) is 27.9. The molecule has 82 valence electrons. The Hall–Kier alpha value is -1.85. The molecule has 6 nitrogen and oxygen atoms in total. The van der Waals surface area contributed by atoms with Gasteiger partial charge < -0.3 is 14.8 Å². The van der Waals surface area contributed by atoms with Crippen LogP contribution in [-0.4, -0.2) is 32.6 Å². The third kappa shape index (κ3) is 3.08. The molecule has 1 rings (SSSR count). The largest absolute Gasteiger partial charge is 0.476 e. The molecule has 0 fully saturated rings. The number of nitrogens with zero attached hydrogens (tertiary/aromatic N) is 1. The van der Waals surface area contributed by atoms with Crippen molar-refractivity contribution in [2.24, 2.45) is 0 Å². The Morgan fingerprint density at radius 2 is 2.07 bits per heavy atom. The van der Waals surface area contributed by atoms with E-state index in [1.807, 2.05) is 0 Å². The lowest BCUT2D eigenvalue weighted by molar-refractivity contribution is 0.00568. The fraction of sp³-hybridized carbons (Fsp3) is 0.444. The van der Waals surface area contributed by atoms with E-state index in [1.165, 1.54) is 0 Å². The number of rotatable bonds is 2. The van der Waals surface area contributed by atoms with Crippen LogP contribution in [0.15, 0.2) is 6.20 Å². The van der Waals surface area contributed by atoms with Gasteiger partial charge in [0.15, 0.2) is 5.69 Å². The average molecular weight is 212 g/mol. The van der Waals surface area contributed by atoms with Gasteiger partial charge in [0.05, 0.1) is 0 Å². The van der Waals surface area contributed by atoms with E-state index < -0.39 is 17.5 Å². The van der Waals surface area contributed by atoms with Crippen LogP contribution in [0, 0.1) is 0 Å². The van der Waals surface area contributed by atoms with E-state index >= 15 is 0 Å². The van der Waals surface area contributed by atoms with Gasteiger partial charge in [0.2, 0.25) is 5.82 Å². The fourth-order valence-electron chi connectivity index (χ4n) is 0.862. The quantitative estimate of drug-likeness (QED) is 0.715. The summed E-state index contributed by atoms with van der Waals surface area (Å²) in [5, 5.41) is 8.58. The molecular weight excluding hydrogens is 200 g/mol. The molecule has 0 saturated carbocycles. The maximum atomic E-state index is 11.4. The number of aromatic amines is 1. The van der Waals surface area contributed by atoms with Crippen molar-refractivity contribution in [2.75, 3.05) is 0 Å². The number of aromatic nitrogens is 2. The molecule has 6 heteroatoms. The average Bonchev–Trinajstić information content (AvgIpc) is 2.47. The molecule has 0 bridgehead atoms. The van der Waals surface area contributed by atoms with Gasteiger partial charge >= 0.3 is 11.9 Å². The molecule has 1 aromatic rings. The van der Waals surface area contributed by atoms with Gasteiger partial charge in [-0.1, -0.05) is 0 Å². The first kappa shape index (κ1) is 11.2. The lowest BCUT2D eigenvalue weighted by atomic mass is 10.2. The Morgan fingerprint density at radius 1 is 1.47 bits per heavy atom. The van der Waals surface area contributed by atoms with Crippen molar-refractivity contribution in [1.82, 2.24) is 9.97 Å². The Bertz CT molecular complexity index is 389. The molecule has 2 N–H and O–H groups in total. The maximum absolute atomic E-state index is 11.4. The maximum Gasteiger partial charge on any atom is 0.374 e. The lowest BCUT2D eigenvalue weighted by Crippen LogP contribution is -2.24. The Kier molecular flexibility index (Phi) is 2.78. The molecular formula is C9H12N2O4. The molecule has 1 aromatic heterocycles. The second-order valence-electron chi connectivity index (χ2n) is 3.94. The van der Waals surface area contributed by atoms with Crippen molar-refractivity contribution in [3.05, 3.63) is 17.7 Å². The minimum atomic E-state index is -1.19. The van der Waals surface area contributed by atoms with Crippen LogP contribution in [-0.2, 0) is 4.74 Å². The third-order valence-corrected chi connectivity index (χ3v) is 1.39. The van der Waals surface area contributed by atoms with Crippen molar-refractivity contribution in [3.63, 3.8) is 0 Å². The highest BCUT2D eigenvalue weighted by Gasteiger charge is 2.21. The summed E-state index contributed by atoms with van der Waals surface area (Å²) in [5.41, 5.74) is -0.844. The Morgan fingerprint density at radius 3 is 2.47 bits per heavy atom. The van der Waals surface area contributed by atoms with Crippen molar-refractivity contribution in [2.45, 2.75) is 26.4 Å². The van der Waals surface area contributed by atoms with Crippen molar-refractivity contribution >= 4 is 11.9 Å². The summed E-state index contributed by atoms with van der Waals surface area (Å²) < 4.78 is 4.99. The van der Waals surface area contributed by atoms with E-state index in [9.17, 15) is 9.59 Å². The number of carbonyl (C=O) groups excluding carboxylic acids is 1. The van der Waals surface area contributed by atoms with Crippen molar-refractivity contribution in [3.8, 4) is 0 Å². The molecule has 0 saturated heterocycles. The van der Waals surface area contributed by atoms with E-state index in [-0.39, 0.29) is 11.5 Å². The van der Waals surface area contributed by atoms with Gasteiger partial charge in [-0.05, 0) is 20.8 Å².